The third kappa shape index (κ3) is 4.86. The summed E-state index contributed by atoms with van der Waals surface area (Å²) in [7, 11) is 0. The first kappa shape index (κ1) is 15.9. The molecule has 18 heavy (non-hydrogen) atoms. The molecule has 0 aliphatic rings. The van der Waals surface area contributed by atoms with Crippen molar-refractivity contribution in [3.63, 3.8) is 0 Å². The maximum atomic E-state index is 6.17. The van der Waals surface area contributed by atoms with Crippen LogP contribution < -0.4 is 5.73 Å². The third-order valence-corrected chi connectivity index (χ3v) is 3.33. The van der Waals surface area contributed by atoms with Crippen molar-refractivity contribution in [2.24, 2.45) is 5.73 Å². The Morgan fingerprint density at radius 3 is 2.39 bits per heavy atom. The van der Waals surface area contributed by atoms with Crippen LogP contribution in [0, 0.1) is 0 Å². The molecule has 2 N–H and O–H groups in total. The van der Waals surface area contributed by atoms with Crippen molar-refractivity contribution in [2.75, 3.05) is 13.2 Å². The zero-order chi connectivity index (χ0) is 13.5. The minimum Gasteiger partial charge on any atom is -0.351 e. The van der Waals surface area contributed by atoms with Crippen LogP contribution in [-0.2, 0) is 15.9 Å². The van der Waals surface area contributed by atoms with Gasteiger partial charge in [-0.3, -0.25) is 0 Å². The number of hydrogen-bond donors (Lipinski definition) is 1. The van der Waals surface area contributed by atoms with Crippen LogP contribution in [0.4, 0.5) is 0 Å². The summed E-state index contributed by atoms with van der Waals surface area (Å²) in [4.78, 5) is 0. The second-order valence-corrected chi connectivity index (χ2v) is 5.21. The number of rotatable bonds is 7. The Morgan fingerprint density at radius 1 is 1.28 bits per heavy atom. The summed E-state index contributed by atoms with van der Waals surface area (Å²) in [6.45, 7) is 5.00. The number of hydrogen-bond acceptors (Lipinski definition) is 3. The fraction of sp³-hybridized carbons (Fsp3) is 0.538. The van der Waals surface area contributed by atoms with Gasteiger partial charge in [0.2, 0.25) is 0 Å². The smallest absolute Gasteiger partial charge is 0.172 e. The van der Waals surface area contributed by atoms with E-state index in [9.17, 15) is 0 Å². The molecule has 0 saturated heterocycles. The highest BCUT2D eigenvalue weighted by molar-refractivity contribution is 9.10. The molecule has 102 valence electrons. The average molecular weight is 337 g/mol. The second kappa shape index (κ2) is 8.12. The first-order chi connectivity index (χ1) is 8.58. The van der Waals surface area contributed by atoms with Gasteiger partial charge < -0.3 is 15.2 Å². The molecule has 1 unspecified atom stereocenters. The van der Waals surface area contributed by atoms with Crippen molar-refractivity contribution in [3.05, 3.63) is 33.3 Å². The lowest BCUT2D eigenvalue weighted by atomic mass is 10.1. The van der Waals surface area contributed by atoms with E-state index >= 15 is 0 Å². The minimum atomic E-state index is -0.389. The number of nitrogens with two attached hydrogens (primary N) is 1. The van der Waals surface area contributed by atoms with E-state index in [2.05, 4.69) is 15.9 Å². The van der Waals surface area contributed by atoms with Gasteiger partial charge in [0.05, 0.1) is 6.04 Å². The van der Waals surface area contributed by atoms with Gasteiger partial charge >= 0.3 is 0 Å². The normalized spacial score (nSPS) is 13.0. The Bertz CT molecular complexity index is 370. The molecule has 0 aromatic heterocycles. The summed E-state index contributed by atoms with van der Waals surface area (Å²) in [5.74, 6) is 0. The summed E-state index contributed by atoms with van der Waals surface area (Å²) in [6, 6.07) is 5.54. The molecule has 5 heteroatoms. The fourth-order valence-electron chi connectivity index (χ4n) is 1.66. The molecule has 0 fully saturated rings. The topological polar surface area (TPSA) is 44.5 Å². The Balaban J connectivity index is 2.69. The van der Waals surface area contributed by atoms with Crippen LogP contribution in [0.3, 0.4) is 0 Å². The van der Waals surface area contributed by atoms with E-state index in [0.29, 0.717) is 24.7 Å². The summed E-state index contributed by atoms with van der Waals surface area (Å²) in [5, 5.41) is 0.701. The van der Waals surface area contributed by atoms with E-state index in [-0.39, 0.29) is 12.3 Å². The lowest BCUT2D eigenvalue weighted by molar-refractivity contribution is -0.148. The van der Waals surface area contributed by atoms with E-state index in [1.165, 1.54) is 0 Å². The van der Waals surface area contributed by atoms with Gasteiger partial charge in [0.15, 0.2) is 6.29 Å². The van der Waals surface area contributed by atoms with Crippen LogP contribution in [0.5, 0.6) is 0 Å². The van der Waals surface area contributed by atoms with Crippen molar-refractivity contribution in [1.82, 2.24) is 0 Å². The second-order valence-electron chi connectivity index (χ2n) is 3.88. The van der Waals surface area contributed by atoms with E-state index < -0.39 is 0 Å². The van der Waals surface area contributed by atoms with Gasteiger partial charge in [-0.25, -0.2) is 0 Å². The van der Waals surface area contributed by atoms with Gasteiger partial charge in [-0.2, -0.15) is 0 Å². The minimum absolute atomic E-state index is 0.233. The molecule has 1 aromatic rings. The molecule has 0 heterocycles. The molecule has 1 aromatic carbocycles. The highest BCUT2D eigenvalue weighted by Gasteiger charge is 2.19. The fourth-order valence-corrected chi connectivity index (χ4v) is 2.41. The van der Waals surface area contributed by atoms with E-state index in [1.54, 1.807) is 0 Å². The molecule has 0 amide bonds. The highest BCUT2D eigenvalue weighted by atomic mass is 79.9. The quantitative estimate of drug-likeness (QED) is 0.776. The summed E-state index contributed by atoms with van der Waals surface area (Å²) < 4.78 is 11.9. The molecule has 0 spiro atoms. The van der Waals surface area contributed by atoms with Gasteiger partial charge in [-0.05, 0) is 38.0 Å². The molecule has 1 atom stereocenters. The number of ether oxygens (including phenoxy) is 2. The van der Waals surface area contributed by atoms with Crippen LogP contribution >= 0.6 is 27.5 Å². The zero-order valence-electron chi connectivity index (χ0n) is 10.7. The Hall–Kier alpha value is -0.130. The molecule has 0 bridgehead atoms. The largest absolute Gasteiger partial charge is 0.351 e. The third-order valence-electron chi connectivity index (χ3n) is 2.48. The summed E-state index contributed by atoms with van der Waals surface area (Å²) in [6.07, 6.45) is 0.233. The van der Waals surface area contributed by atoms with Gasteiger partial charge in [0.25, 0.3) is 0 Å². The van der Waals surface area contributed by atoms with Gasteiger partial charge in [0.1, 0.15) is 0 Å². The van der Waals surface area contributed by atoms with Crippen LogP contribution in [-0.4, -0.2) is 25.5 Å². The van der Waals surface area contributed by atoms with Crippen LogP contribution in [0.25, 0.3) is 0 Å². The first-order valence-corrected chi connectivity index (χ1v) is 7.18. The molecular weight excluding hydrogens is 318 g/mol. The Morgan fingerprint density at radius 2 is 1.89 bits per heavy atom. The molecule has 0 aliphatic carbocycles. The maximum absolute atomic E-state index is 6.17. The first-order valence-electron chi connectivity index (χ1n) is 6.01. The summed E-state index contributed by atoms with van der Waals surface area (Å²) >= 11 is 9.54. The number of benzene rings is 1. The van der Waals surface area contributed by atoms with E-state index in [1.807, 2.05) is 32.0 Å². The molecule has 0 saturated carbocycles. The van der Waals surface area contributed by atoms with Crippen molar-refractivity contribution < 1.29 is 9.47 Å². The van der Waals surface area contributed by atoms with Crippen LogP contribution in [0.1, 0.15) is 19.4 Å². The monoisotopic (exact) mass is 335 g/mol. The zero-order valence-corrected chi connectivity index (χ0v) is 13.0. The van der Waals surface area contributed by atoms with Crippen LogP contribution in [0.15, 0.2) is 22.7 Å². The maximum Gasteiger partial charge on any atom is 0.172 e. The lowest BCUT2D eigenvalue weighted by Crippen LogP contribution is -2.40. The van der Waals surface area contributed by atoms with Gasteiger partial charge in [-0.1, -0.05) is 33.6 Å². The van der Waals surface area contributed by atoms with Crippen molar-refractivity contribution >= 4 is 27.5 Å². The van der Waals surface area contributed by atoms with Crippen molar-refractivity contribution in [1.29, 1.82) is 0 Å². The molecule has 0 radical (unpaired) electrons. The number of halogens is 2. The van der Waals surface area contributed by atoms with Gasteiger partial charge in [-0.15, -0.1) is 0 Å². The highest BCUT2D eigenvalue weighted by Crippen LogP contribution is 2.23. The van der Waals surface area contributed by atoms with E-state index in [4.69, 9.17) is 26.8 Å². The predicted molar refractivity (Wildman–Crippen MR) is 77.9 cm³/mol. The molecule has 3 nitrogen and oxygen atoms in total. The molecule has 1 rings (SSSR count). The van der Waals surface area contributed by atoms with Crippen LogP contribution in [0.2, 0.25) is 5.02 Å². The Labute approximate surface area is 122 Å². The Kier molecular flexibility index (Phi) is 7.19. The van der Waals surface area contributed by atoms with E-state index in [0.717, 1.165) is 10.0 Å². The SMILES string of the molecule is CCOC(OCC)C(N)Cc1ccc(Br)cc1Cl. The van der Waals surface area contributed by atoms with Crippen molar-refractivity contribution in [3.8, 4) is 0 Å². The standard InChI is InChI=1S/C13H19BrClNO2/c1-3-17-13(18-4-2)12(16)7-9-5-6-10(14)8-11(9)15/h5-6,8,12-13H,3-4,7,16H2,1-2H3. The summed E-state index contributed by atoms with van der Waals surface area (Å²) in [5.41, 5.74) is 7.11. The lowest BCUT2D eigenvalue weighted by Gasteiger charge is -2.23. The molecule has 0 aliphatic heterocycles. The molecular formula is C13H19BrClNO2. The van der Waals surface area contributed by atoms with Gasteiger partial charge in [0, 0.05) is 22.7 Å². The predicted octanol–water partition coefficient (Wildman–Crippen LogP) is 3.37. The van der Waals surface area contributed by atoms with Crippen molar-refractivity contribution in [2.45, 2.75) is 32.6 Å². The average Bonchev–Trinajstić information content (AvgIpc) is 2.32.